The number of halogens is 1. The van der Waals surface area contributed by atoms with Crippen molar-refractivity contribution in [1.29, 1.82) is 0 Å². The maximum Gasteiger partial charge on any atom is 0.252 e. The van der Waals surface area contributed by atoms with E-state index in [1.54, 1.807) is 6.92 Å². The summed E-state index contributed by atoms with van der Waals surface area (Å²) in [5.41, 5.74) is 5.51. The fourth-order valence-electron chi connectivity index (χ4n) is 1.62. The highest BCUT2D eigenvalue weighted by atomic mass is 35.5. The van der Waals surface area contributed by atoms with E-state index in [1.807, 2.05) is 13.8 Å². The van der Waals surface area contributed by atoms with E-state index in [1.165, 1.54) is 6.07 Å². The highest BCUT2D eigenvalue weighted by Gasteiger charge is 2.23. The normalized spacial score (nSPS) is 10.1. The summed E-state index contributed by atoms with van der Waals surface area (Å²) in [4.78, 5) is 11.5. The summed E-state index contributed by atoms with van der Waals surface area (Å²) in [5.74, 6) is 0.311. The first kappa shape index (κ1) is 15.4. The van der Waals surface area contributed by atoms with E-state index in [9.17, 15) is 4.79 Å². The summed E-state index contributed by atoms with van der Waals surface area (Å²) in [6, 6.07) is 1.43. The Kier molecular flexibility index (Phi) is 5.76. The fraction of sp³-hybridized carbons (Fsp3) is 0.462. The zero-order chi connectivity index (χ0) is 14.4. The summed E-state index contributed by atoms with van der Waals surface area (Å²) < 4.78 is 16.4. The number of ether oxygens (including phenoxy) is 3. The molecule has 0 aromatic heterocycles. The van der Waals surface area contributed by atoms with Gasteiger partial charge < -0.3 is 19.9 Å². The Bertz CT molecular complexity index is 462. The third kappa shape index (κ3) is 3.44. The van der Waals surface area contributed by atoms with Gasteiger partial charge in [0.15, 0.2) is 11.5 Å². The number of carbonyl (C=O) groups is 1. The van der Waals surface area contributed by atoms with Gasteiger partial charge in [-0.15, -0.1) is 0 Å². The lowest BCUT2D eigenvalue weighted by molar-refractivity contribution is 0.0995. The molecule has 0 saturated heterocycles. The van der Waals surface area contributed by atoms with Crippen molar-refractivity contribution in [3.8, 4) is 17.2 Å². The molecule has 0 aliphatic heterocycles. The molecule has 0 saturated carbocycles. The first-order valence-electron chi connectivity index (χ1n) is 6.11. The molecule has 0 spiro atoms. The molecule has 0 radical (unpaired) electrons. The van der Waals surface area contributed by atoms with Gasteiger partial charge in [-0.25, -0.2) is 0 Å². The van der Waals surface area contributed by atoms with Gasteiger partial charge in [-0.1, -0.05) is 11.6 Å². The van der Waals surface area contributed by atoms with Gasteiger partial charge in [0, 0.05) is 0 Å². The van der Waals surface area contributed by atoms with Gasteiger partial charge in [-0.2, -0.15) is 0 Å². The van der Waals surface area contributed by atoms with Crippen molar-refractivity contribution < 1.29 is 19.0 Å². The van der Waals surface area contributed by atoms with Crippen LogP contribution in [0, 0.1) is 0 Å². The van der Waals surface area contributed by atoms with Crippen LogP contribution >= 0.6 is 11.6 Å². The van der Waals surface area contributed by atoms with Crippen molar-refractivity contribution in [2.45, 2.75) is 20.8 Å². The number of carbonyl (C=O) groups excluding carboxylic acids is 1. The van der Waals surface area contributed by atoms with Gasteiger partial charge in [0.05, 0.1) is 30.4 Å². The lowest BCUT2D eigenvalue weighted by Crippen LogP contribution is -2.15. The van der Waals surface area contributed by atoms with Crippen molar-refractivity contribution >= 4 is 17.5 Å². The minimum Gasteiger partial charge on any atom is -0.489 e. The summed E-state index contributed by atoms with van der Waals surface area (Å²) in [6.45, 7) is 6.62. The SMILES string of the molecule is CCOc1c(Cl)cc(C(N)=O)c(OCC)c1OCC. The van der Waals surface area contributed by atoms with Crippen LogP contribution < -0.4 is 19.9 Å². The Morgan fingerprint density at radius 1 is 1.05 bits per heavy atom. The second-order valence-corrected chi connectivity index (χ2v) is 3.96. The molecule has 1 rings (SSSR count). The standard InChI is InChI=1S/C13H18ClNO4/c1-4-17-10-8(13(15)16)7-9(14)11(18-5-2)12(10)19-6-3/h7H,4-6H2,1-3H3,(H2,15,16). The van der Waals surface area contributed by atoms with Gasteiger partial charge in [-0.3, -0.25) is 4.79 Å². The molecular formula is C13H18ClNO4. The van der Waals surface area contributed by atoms with Crippen molar-refractivity contribution in [3.05, 3.63) is 16.7 Å². The van der Waals surface area contributed by atoms with Crippen molar-refractivity contribution in [3.63, 3.8) is 0 Å². The number of hydrogen-bond donors (Lipinski definition) is 1. The van der Waals surface area contributed by atoms with E-state index in [0.29, 0.717) is 31.3 Å². The lowest BCUT2D eigenvalue weighted by atomic mass is 10.1. The lowest BCUT2D eigenvalue weighted by Gasteiger charge is -2.18. The Morgan fingerprint density at radius 3 is 2.00 bits per heavy atom. The highest BCUT2D eigenvalue weighted by molar-refractivity contribution is 6.33. The first-order chi connectivity index (χ1) is 9.06. The second kappa shape index (κ2) is 7.09. The minimum atomic E-state index is -0.630. The van der Waals surface area contributed by atoms with Crippen LogP contribution in [0.25, 0.3) is 0 Å². The largest absolute Gasteiger partial charge is 0.489 e. The summed E-state index contributed by atoms with van der Waals surface area (Å²) >= 11 is 6.10. The molecule has 0 unspecified atom stereocenters. The highest BCUT2D eigenvalue weighted by Crippen LogP contribution is 2.45. The quantitative estimate of drug-likeness (QED) is 0.837. The third-order valence-electron chi connectivity index (χ3n) is 2.28. The average Bonchev–Trinajstić information content (AvgIpc) is 2.36. The van der Waals surface area contributed by atoms with Gasteiger partial charge in [0.2, 0.25) is 5.75 Å². The molecule has 106 valence electrons. The number of benzene rings is 1. The zero-order valence-electron chi connectivity index (χ0n) is 11.3. The Balaban J connectivity index is 3.49. The summed E-state index contributed by atoms with van der Waals surface area (Å²) in [5, 5.41) is 0.266. The number of hydrogen-bond acceptors (Lipinski definition) is 4. The van der Waals surface area contributed by atoms with Crippen LogP contribution in [0.3, 0.4) is 0 Å². The molecule has 0 bridgehead atoms. The van der Waals surface area contributed by atoms with Crippen LogP contribution in [-0.2, 0) is 0 Å². The Hall–Kier alpha value is -1.62. The summed E-state index contributed by atoms with van der Waals surface area (Å²) in [6.07, 6.45) is 0. The monoisotopic (exact) mass is 287 g/mol. The molecule has 0 heterocycles. The molecule has 1 aromatic carbocycles. The molecule has 0 atom stereocenters. The molecule has 0 aliphatic carbocycles. The maximum absolute atomic E-state index is 11.5. The predicted molar refractivity (Wildman–Crippen MR) is 73.5 cm³/mol. The van der Waals surface area contributed by atoms with E-state index in [4.69, 9.17) is 31.5 Å². The smallest absolute Gasteiger partial charge is 0.252 e. The minimum absolute atomic E-state index is 0.179. The molecule has 6 heteroatoms. The molecule has 1 amide bonds. The van der Waals surface area contributed by atoms with E-state index in [2.05, 4.69) is 0 Å². The van der Waals surface area contributed by atoms with E-state index < -0.39 is 5.91 Å². The van der Waals surface area contributed by atoms with E-state index in [-0.39, 0.29) is 16.3 Å². The average molecular weight is 288 g/mol. The Labute approximate surface area is 117 Å². The van der Waals surface area contributed by atoms with Gasteiger partial charge >= 0.3 is 0 Å². The number of rotatable bonds is 7. The fourth-order valence-corrected chi connectivity index (χ4v) is 1.87. The van der Waals surface area contributed by atoms with Gasteiger partial charge in [0.25, 0.3) is 5.91 Å². The second-order valence-electron chi connectivity index (χ2n) is 3.56. The summed E-state index contributed by atoms with van der Waals surface area (Å²) in [7, 11) is 0. The molecule has 0 fully saturated rings. The van der Waals surface area contributed by atoms with Crippen LogP contribution in [-0.4, -0.2) is 25.7 Å². The number of amides is 1. The molecular weight excluding hydrogens is 270 g/mol. The van der Waals surface area contributed by atoms with Crippen LogP contribution in [0.4, 0.5) is 0 Å². The Morgan fingerprint density at radius 2 is 1.53 bits per heavy atom. The van der Waals surface area contributed by atoms with Crippen LogP contribution in [0.15, 0.2) is 6.07 Å². The molecule has 1 aromatic rings. The van der Waals surface area contributed by atoms with Crippen LogP contribution in [0.5, 0.6) is 17.2 Å². The first-order valence-corrected chi connectivity index (χ1v) is 6.49. The number of primary amides is 1. The zero-order valence-corrected chi connectivity index (χ0v) is 12.0. The molecule has 0 aliphatic rings. The van der Waals surface area contributed by atoms with E-state index in [0.717, 1.165) is 0 Å². The molecule has 5 nitrogen and oxygen atoms in total. The van der Waals surface area contributed by atoms with E-state index >= 15 is 0 Å². The van der Waals surface area contributed by atoms with Crippen molar-refractivity contribution in [1.82, 2.24) is 0 Å². The van der Waals surface area contributed by atoms with Crippen molar-refractivity contribution in [2.24, 2.45) is 5.73 Å². The predicted octanol–water partition coefficient (Wildman–Crippen LogP) is 2.64. The third-order valence-corrected chi connectivity index (χ3v) is 2.56. The van der Waals surface area contributed by atoms with Crippen LogP contribution in [0.2, 0.25) is 5.02 Å². The topological polar surface area (TPSA) is 70.8 Å². The van der Waals surface area contributed by atoms with Gasteiger partial charge in [0.1, 0.15) is 0 Å². The molecule has 2 N–H and O–H groups in total. The number of nitrogens with two attached hydrogens (primary N) is 1. The van der Waals surface area contributed by atoms with Gasteiger partial charge in [-0.05, 0) is 26.8 Å². The van der Waals surface area contributed by atoms with Crippen LogP contribution in [0.1, 0.15) is 31.1 Å². The molecule has 19 heavy (non-hydrogen) atoms. The van der Waals surface area contributed by atoms with Crippen molar-refractivity contribution in [2.75, 3.05) is 19.8 Å². The maximum atomic E-state index is 11.5.